The smallest absolute Gasteiger partial charge is 0.122 e. The highest BCUT2D eigenvalue weighted by Gasteiger charge is 2.21. The van der Waals surface area contributed by atoms with Gasteiger partial charge in [0.05, 0.1) is 12.1 Å². The fraction of sp³-hybridized carbons (Fsp3) is 0.385. The van der Waals surface area contributed by atoms with E-state index in [0.29, 0.717) is 6.73 Å². The first-order valence-electron chi connectivity index (χ1n) is 5.65. The van der Waals surface area contributed by atoms with Gasteiger partial charge in [-0.05, 0) is 42.3 Å². The maximum absolute atomic E-state index is 5.70. The number of benzene rings is 1. The zero-order valence-corrected chi connectivity index (χ0v) is 10.6. The van der Waals surface area contributed by atoms with E-state index < -0.39 is 0 Å². The summed E-state index contributed by atoms with van der Waals surface area (Å²) in [5, 5.41) is 1.26. The van der Waals surface area contributed by atoms with Crippen molar-refractivity contribution in [3.05, 3.63) is 34.9 Å². The molecule has 0 saturated heterocycles. The molecule has 0 radical (unpaired) electrons. The summed E-state index contributed by atoms with van der Waals surface area (Å²) in [4.78, 5) is 0. The highest BCUT2D eigenvalue weighted by Crippen LogP contribution is 2.29. The number of hydrogen-bond acceptors (Lipinski definition) is 1. The van der Waals surface area contributed by atoms with Gasteiger partial charge in [0.15, 0.2) is 0 Å². The quantitative estimate of drug-likeness (QED) is 0.831. The third-order valence-corrected chi connectivity index (χ3v) is 3.51. The first kappa shape index (κ1) is 10.4. The highest BCUT2D eigenvalue weighted by atomic mass is 79.9. The molecule has 1 aromatic carbocycles. The summed E-state index contributed by atoms with van der Waals surface area (Å²) >= 11 is 3.50. The lowest BCUT2D eigenvalue weighted by Gasteiger charge is -2.06. The summed E-state index contributed by atoms with van der Waals surface area (Å²) in [5.74, 6) is 0.827. The fourth-order valence-corrected chi connectivity index (χ4v) is 2.22. The number of ether oxygens (including phenoxy) is 1. The molecule has 0 aliphatic heterocycles. The molecule has 1 aliphatic rings. The molecule has 0 bridgehead atoms. The molecule has 1 saturated carbocycles. The van der Waals surface area contributed by atoms with Gasteiger partial charge in [0.1, 0.15) is 6.73 Å². The van der Waals surface area contributed by atoms with E-state index in [1.54, 1.807) is 0 Å². The van der Waals surface area contributed by atoms with E-state index in [0.717, 1.165) is 17.0 Å². The zero-order chi connectivity index (χ0) is 11.0. The van der Waals surface area contributed by atoms with Crippen LogP contribution in [0.25, 0.3) is 10.9 Å². The molecule has 1 aliphatic carbocycles. The average Bonchev–Trinajstić information content (AvgIpc) is 3.01. The van der Waals surface area contributed by atoms with Crippen LogP contribution in [-0.2, 0) is 11.5 Å². The van der Waals surface area contributed by atoms with E-state index >= 15 is 0 Å². The molecule has 16 heavy (non-hydrogen) atoms. The number of hydrogen-bond donors (Lipinski definition) is 0. The van der Waals surface area contributed by atoms with E-state index in [9.17, 15) is 0 Å². The average molecular weight is 280 g/mol. The Morgan fingerprint density at radius 1 is 1.31 bits per heavy atom. The van der Waals surface area contributed by atoms with Crippen LogP contribution in [0, 0.1) is 5.92 Å². The summed E-state index contributed by atoms with van der Waals surface area (Å²) in [6.45, 7) is 1.57. The Labute approximate surface area is 103 Å². The van der Waals surface area contributed by atoms with Crippen LogP contribution in [-0.4, -0.2) is 11.2 Å². The summed E-state index contributed by atoms with van der Waals surface area (Å²) < 4.78 is 8.97. The van der Waals surface area contributed by atoms with Gasteiger partial charge < -0.3 is 9.30 Å². The van der Waals surface area contributed by atoms with Crippen molar-refractivity contribution < 1.29 is 4.74 Å². The van der Waals surface area contributed by atoms with E-state index in [1.165, 1.54) is 23.7 Å². The minimum absolute atomic E-state index is 0.663. The van der Waals surface area contributed by atoms with Crippen LogP contribution in [0.4, 0.5) is 0 Å². The van der Waals surface area contributed by atoms with Gasteiger partial charge in [0.2, 0.25) is 0 Å². The Balaban J connectivity index is 1.76. The molecule has 1 heterocycles. The molecule has 0 amide bonds. The SMILES string of the molecule is Brc1ccc2ccn(COCC3CC3)c2c1. The fourth-order valence-electron chi connectivity index (χ4n) is 1.87. The lowest BCUT2D eigenvalue weighted by molar-refractivity contribution is 0.0718. The molecule has 3 heteroatoms. The van der Waals surface area contributed by atoms with Gasteiger partial charge in [-0.2, -0.15) is 0 Å². The second kappa shape index (κ2) is 4.22. The Kier molecular flexibility index (Phi) is 2.74. The Bertz CT molecular complexity index is 502. The Morgan fingerprint density at radius 2 is 2.19 bits per heavy atom. The van der Waals surface area contributed by atoms with E-state index in [2.05, 4.69) is 51.0 Å². The second-order valence-electron chi connectivity index (χ2n) is 4.43. The van der Waals surface area contributed by atoms with Crippen molar-refractivity contribution in [1.29, 1.82) is 0 Å². The van der Waals surface area contributed by atoms with Crippen molar-refractivity contribution in [2.24, 2.45) is 5.92 Å². The van der Waals surface area contributed by atoms with Gasteiger partial charge in [-0.1, -0.05) is 22.0 Å². The van der Waals surface area contributed by atoms with Crippen molar-refractivity contribution in [2.75, 3.05) is 6.61 Å². The highest BCUT2D eigenvalue weighted by molar-refractivity contribution is 9.10. The maximum atomic E-state index is 5.70. The van der Waals surface area contributed by atoms with Crippen molar-refractivity contribution in [3.63, 3.8) is 0 Å². The van der Waals surface area contributed by atoms with Gasteiger partial charge in [-0.15, -0.1) is 0 Å². The van der Waals surface area contributed by atoms with Crippen LogP contribution in [0.15, 0.2) is 34.9 Å². The summed E-state index contributed by atoms with van der Waals surface area (Å²) in [5.41, 5.74) is 1.23. The molecule has 0 spiro atoms. The molecule has 0 unspecified atom stereocenters. The lowest BCUT2D eigenvalue weighted by Crippen LogP contribution is -2.03. The second-order valence-corrected chi connectivity index (χ2v) is 5.35. The number of nitrogens with zero attached hydrogens (tertiary/aromatic N) is 1. The minimum Gasteiger partial charge on any atom is -0.360 e. The summed E-state index contributed by atoms with van der Waals surface area (Å²) in [7, 11) is 0. The maximum Gasteiger partial charge on any atom is 0.122 e. The molecular weight excluding hydrogens is 266 g/mol. The Morgan fingerprint density at radius 3 is 3.00 bits per heavy atom. The van der Waals surface area contributed by atoms with Gasteiger partial charge >= 0.3 is 0 Å². The zero-order valence-electron chi connectivity index (χ0n) is 9.03. The molecule has 0 N–H and O–H groups in total. The number of halogens is 1. The van der Waals surface area contributed by atoms with E-state index in [-0.39, 0.29) is 0 Å². The first-order valence-corrected chi connectivity index (χ1v) is 6.44. The monoisotopic (exact) mass is 279 g/mol. The number of rotatable bonds is 4. The van der Waals surface area contributed by atoms with E-state index in [1.807, 2.05) is 0 Å². The molecular formula is C13H14BrNO. The third kappa shape index (κ3) is 2.15. The van der Waals surface area contributed by atoms with Crippen LogP contribution in [0.3, 0.4) is 0 Å². The molecule has 2 aromatic rings. The van der Waals surface area contributed by atoms with Crippen molar-refractivity contribution in [3.8, 4) is 0 Å². The van der Waals surface area contributed by atoms with Crippen LogP contribution in [0.5, 0.6) is 0 Å². The van der Waals surface area contributed by atoms with Crippen molar-refractivity contribution in [1.82, 2.24) is 4.57 Å². The third-order valence-electron chi connectivity index (χ3n) is 3.02. The summed E-state index contributed by atoms with van der Waals surface area (Å²) in [6.07, 6.45) is 4.78. The van der Waals surface area contributed by atoms with Crippen molar-refractivity contribution >= 4 is 26.8 Å². The molecule has 1 fully saturated rings. The predicted molar refractivity (Wildman–Crippen MR) is 68.3 cm³/mol. The van der Waals surface area contributed by atoms with Gasteiger partial charge in [-0.25, -0.2) is 0 Å². The topological polar surface area (TPSA) is 14.2 Å². The van der Waals surface area contributed by atoms with Crippen LogP contribution in [0.1, 0.15) is 12.8 Å². The number of aromatic nitrogens is 1. The molecule has 3 rings (SSSR count). The van der Waals surface area contributed by atoms with Gasteiger partial charge in [0.25, 0.3) is 0 Å². The van der Waals surface area contributed by atoms with Gasteiger partial charge in [-0.3, -0.25) is 0 Å². The Hall–Kier alpha value is -0.800. The largest absolute Gasteiger partial charge is 0.360 e. The van der Waals surface area contributed by atoms with Crippen LogP contribution < -0.4 is 0 Å². The summed E-state index contributed by atoms with van der Waals surface area (Å²) in [6, 6.07) is 8.45. The van der Waals surface area contributed by atoms with Gasteiger partial charge in [0, 0.05) is 10.7 Å². The number of fused-ring (bicyclic) bond motifs is 1. The van der Waals surface area contributed by atoms with Crippen LogP contribution in [0.2, 0.25) is 0 Å². The molecule has 0 atom stereocenters. The van der Waals surface area contributed by atoms with E-state index in [4.69, 9.17) is 4.74 Å². The molecule has 1 aromatic heterocycles. The minimum atomic E-state index is 0.663. The molecule has 2 nitrogen and oxygen atoms in total. The normalized spacial score (nSPS) is 15.8. The molecule has 84 valence electrons. The standard InChI is InChI=1S/C13H14BrNO/c14-12-4-3-11-5-6-15(13(11)7-12)9-16-8-10-1-2-10/h3-7,10H,1-2,8-9H2. The van der Waals surface area contributed by atoms with Crippen molar-refractivity contribution in [2.45, 2.75) is 19.6 Å². The predicted octanol–water partition coefficient (Wildman–Crippen LogP) is 3.79. The first-order chi connectivity index (χ1) is 7.83. The van der Waals surface area contributed by atoms with Crippen LogP contribution >= 0.6 is 15.9 Å². The lowest BCUT2D eigenvalue weighted by atomic mass is 10.2.